The zero-order valence-corrected chi connectivity index (χ0v) is 11.5. The van der Waals surface area contributed by atoms with Crippen LogP contribution in [0, 0.1) is 18.8 Å². The molecule has 0 atom stereocenters. The Morgan fingerprint density at radius 2 is 2.26 bits per heavy atom. The van der Waals surface area contributed by atoms with Gasteiger partial charge in [0, 0.05) is 23.1 Å². The molecule has 19 heavy (non-hydrogen) atoms. The summed E-state index contributed by atoms with van der Waals surface area (Å²) in [5.74, 6) is 5.89. The van der Waals surface area contributed by atoms with Crippen molar-refractivity contribution in [2.45, 2.75) is 19.9 Å². The first-order chi connectivity index (χ1) is 9.20. The summed E-state index contributed by atoms with van der Waals surface area (Å²) < 4.78 is 1.75. The highest BCUT2D eigenvalue weighted by Gasteiger charge is 2.03. The summed E-state index contributed by atoms with van der Waals surface area (Å²) in [6.07, 6.45) is 0.479. The number of benzene rings is 1. The van der Waals surface area contributed by atoms with Crippen molar-refractivity contribution in [1.82, 2.24) is 4.57 Å². The molecule has 3 nitrogen and oxygen atoms in total. The van der Waals surface area contributed by atoms with Gasteiger partial charge < -0.3 is 5.11 Å². The first-order valence-electron chi connectivity index (χ1n) is 6.04. The van der Waals surface area contributed by atoms with Gasteiger partial charge in [-0.25, -0.2) is 0 Å². The van der Waals surface area contributed by atoms with Crippen LogP contribution in [0.3, 0.4) is 0 Å². The van der Waals surface area contributed by atoms with Crippen LogP contribution in [0.1, 0.15) is 23.2 Å². The third-order valence-electron chi connectivity index (χ3n) is 2.71. The van der Waals surface area contributed by atoms with Crippen LogP contribution >= 0.6 is 11.3 Å². The van der Waals surface area contributed by atoms with E-state index in [0.717, 1.165) is 16.8 Å². The van der Waals surface area contributed by atoms with E-state index in [1.807, 2.05) is 36.6 Å². The molecule has 98 valence electrons. The summed E-state index contributed by atoms with van der Waals surface area (Å²) in [7, 11) is 0. The molecule has 0 aliphatic heterocycles. The smallest absolute Gasteiger partial charge is 0.307 e. The molecule has 0 aliphatic rings. The summed E-state index contributed by atoms with van der Waals surface area (Å²) >= 11 is 1.22. The lowest BCUT2D eigenvalue weighted by molar-refractivity contribution is 0.305. The summed E-state index contributed by atoms with van der Waals surface area (Å²) in [6.45, 7) is 2.59. The average Bonchev–Trinajstić information content (AvgIpc) is 2.72. The number of aromatic nitrogens is 1. The summed E-state index contributed by atoms with van der Waals surface area (Å²) in [5.41, 5.74) is 2.94. The van der Waals surface area contributed by atoms with Gasteiger partial charge in [-0.05, 0) is 24.6 Å². The molecule has 1 aromatic heterocycles. The number of rotatable bonds is 3. The van der Waals surface area contributed by atoms with E-state index in [9.17, 15) is 4.79 Å². The molecule has 0 saturated carbocycles. The second kappa shape index (κ2) is 6.37. The van der Waals surface area contributed by atoms with Crippen molar-refractivity contribution in [3.8, 4) is 11.8 Å². The van der Waals surface area contributed by atoms with E-state index in [2.05, 4.69) is 11.8 Å². The molecular formula is C15H15NO2S. The van der Waals surface area contributed by atoms with Gasteiger partial charge in [0.25, 0.3) is 0 Å². The average molecular weight is 273 g/mol. The zero-order valence-electron chi connectivity index (χ0n) is 10.7. The van der Waals surface area contributed by atoms with Gasteiger partial charge in [0.15, 0.2) is 0 Å². The molecule has 0 fully saturated rings. The Kier molecular flexibility index (Phi) is 4.56. The number of hydrogen-bond acceptors (Lipinski definition) is 3. The van der Waals surface area contributed by atoms with Crippen molar-refractivity contribution in [2.24, 2.45) is 0 Å². The molecule has 0 aliphatic carbocycles. The Morgan fingerprint density at radius 3 is 2.95 bits per heavy atom. The van der Waals surface area contributed by atoms with Crippen LogP contribution in [0.15, 0.2) is 34.4 Å². The molecule has 1 N–H and O–H groups in total. The molecule has 1 heterocycles. The van der Waals surface area contributed by atoms with E-state index in [4.69, 9.17) is 5.11 Å². The predicted octanol–water partition coefficient (Wildman–Crippen LogP) is 2.00. The maximum absolute atomic E-state index is 11.7. The van der Waals surface area contributed by atoms with Gasteiger partial charge in [-0.15, -0.1) is 0 Å². The second-order valence-electron chi connectivity index (χ2n) is 4.20. The van der Waals surface area contributed by atoms with Crippen LogP contribution in [0.4, 0.5) is 0 Å². The van der Waals surface area contributed by atoms with Gasteiger partial charge in [-0.3, -0.25) is 9.36 Å². The van der Waals surface area contributed by atoms with E-state index < -0.39 is 0 Å². The maximum atomic E-state index is 11.7. The van der Waals surface area contributed by atoms with Crippen LogP contribution in [0.25, 0.3) is 0 Å². The van der Waals surface area contributed by atoms with Crippen LogP contribution in [0.5, 0.6) is 0 Å². The first-order valence-corrected chi connectivity index (χ1v) is 6.92. The van der Waals surface area contributed by atoms with Crippen molar-refractivity contribution in [1.29, 1.82) is 0 Å². The van der Waals surface area contributed by atoms with Gasteiger partial charge in [-0.2, -0.15) is 0 Å². The van der Waals surface area contributed by atoms with Gasteiger partial charge in [0.1, 0.15) is 0 Å². The van der Waals surface area contributed by atoms with Crippen LogP contribution < -0.4 is 4.87 Å². The fourth-order valence-corrected chi connectivity index (χ4v) is 2.48. The van der Waals surface area contributed by atoms with Gasteiger partial charge in [0.05, 0.1) is 13.2 Å². The van der Waals surface area contributed by atoms with Gasteiger partial charge >= 0.3 is 4.87 Å². The minimum absolute atomic E-state index is 0.0641. The number of aliphatic hydroxyl groups is 1. The number of hydrogen-bond donors (Lipinski definition) is 1. The number of aryl methyl sites for hydroxylation is 1. The minimum atomic E-state index is 0.0641. The van der Waals surface area contributed by atoms with E-state index in [1.54, 1.807) is 4.57 Å². The van der Waals surface area contributed by atoms with Gasteiger partial charge in [-0.1, -0.05) is 35.3 Å². The van der Waals surface area contributed by atoms with Crippen LogP contribution in [-0.2, 0) is 6.54 Å². The lowest BCUT2D eigenvalue weighted by Gasteiger charge is -2.05. The lowest BCUT2D eigenvalue weighted by atomic mass is 10.1. The normalized spacial score (nSPS) is 10.0. The van der Waals surface area contributed by atoms with Gasteiger partial charge in [0.2, 0.25) is 0 Å². The number of aliphatic hydroxyl groups excluding tert-OH is 1. The molecule has 0 bridgehead atoms. The summed E-state index contributed by atoms with van der Waals surface area (Å²) in [6, 6.07) is 7.83. The molecule has 2 aromatic rings. The largest absolute Gasteiger partial charge is 0.395 e. The van der Waals surface area contributed by atoms with Crippen molar-refractivity contribution in [2.75, 3.05) is 6.61 Å². The van der Waals surface area contributed by atoms with Crippen molar-refractivity contribution >= 4 is 11.3 Å². The highest BCUT2D eigenvalue weighted by atomic mass is 32.1. The Hall–Kier alpha value is -1.83. The Morgan fingerprint density at radius 1 is 1.42 bits per heavy atom. The zero-order chi connectivity index (χ0) is 13.7. The molecule has 0 saturated heterocycles. The first kappa shape index (κ1) is 13.6. The molecule has 2 rings (SSSR count). The topological polar surface area (TPSA) is 42.2 Å². The van der Waals surface area contributed by atoms with E-state index in [-0.39, 0.29) is 11.5 Å². The Bertz CT molecular complexity index is 673. The van der Waals surface area contributed by atoms with Crippen LogP contribution in [0.2, 0.25) is 0 Å². The standard InChI is InChI=1S/C15H15NO2S/c1-12-11-19-15(18)16(12)10-14-7-4-6-13(9-14)5-2-3-8-17/h4,6-7,9,11,17H,3,8,10H2,1H3. The SMILES string of the molecule is Cc1csc(=O)n1Cc1cccc(C#CCCO)c1. The fraction of sp³-hybridized carbons (Fsp3) is 0.267. The lowest BCUT2D eigenvalue weighted by Crippen LogP contribution is -2.15. The Labute approximate surface area is 116 Å². The maximum Gasteiger partial charge on any atom is 0.307 e. The third kappa shape index (κ3) is 3.57. The quantitative estimate of drug-likeness (QED) is 0.869. The van der Waals surface area contributed by atoms with Crippen molar-refractivity contribution < 1.29 is 5.11 Å². The third-order valence-corrected chi connectivity index (χ3v) is 3.59. The number of nitrogens with zero attached hydrogens (tertiary/aromatic N) is 1. The molecule has 0 amide bonds. The van der Waals surface area contributed by atoms with Crippen molar-refractivity contribution in [3.05, 3.63) is 56.1 Å². The van der Waals surface area contributed by atoms with E-state index in [1.165, 1.54) is 11.3 Å². The monoisotopic (exact) mass is 273 g/mol. The highest BCUT2D eigenvalue weighted by Crippen LogP contribution is 2.08. The van der Waals surface area contributed by atoms with Crippen LogP contribution in [-0.4, -0.2) is 16.3 Å². The summed E-state index contributed by atoms with van der Waals surface area (Å²) in [5, 5.41) is 10.6. The molecule has 0 unspecified atom stereocenters. The second-order valence-corrected chi connectivity index (χ2v) is 5.03. The summed E-state index contributed by atoms with van der Waals surface area (Å²) in [4.78, 5) is 11.7. The molecule has 0 spiro atoms. The molecule has 0 radical (unpaired) electrons. The number of thiazole rings is 1. The minimum Gasteiger partial charge on any atom is -0.395 e. The molecule has 1 aromatic carbocycles. The fourth-order valence-electron chi connectivity index (χ4n) is 1.75. The van der Waals surface area contributed by atoms with E-state index >= 15 is 0 Å². The predicted molar refractivity (Wildman–Crippen MR) is 77.4 cm³/mol. The molecular weight excluding hydrogens is 258 g/mol. The van der Waals surface area contributed by atoms with Crippen molar-refractivity contribution in [3.63, 3.8) is 0 Å². The van der Waals surface area contributed by atoms with E-state index in [0.29, 0.717) is 13.0 Å². The highest BCUT2D eigenvalue weighted by molar-refractivity contribution is 7.07. The Balaban J connectivity index is 2.21. The molecule has 4 heteroatoms.